The van der Waals surface area contributed by atoms with Crippen molar-refractivity contribution in [2.75, 3.05) is 11.5 Å². The molecule has 0 amide bonds. The monoisotopic (exact) mass is 401 g/mol. The van der Waals surface area contributed by atoms with Crippen LogP contribution < -0.4 is 11.5 Å². The number of carboxylic acids is 1. The molecule has 0 saturated carbocycles. The minimum Gasteiger partial charge on any atom is -0.480 e. The number of alkyl halides is 3. The molecule has 4 rings (SSSR count). The molecule has 0 fully saturated rings. The first-order chi connectivity index (χ1) is 13.7. The summed E-state index contributed by atoms with van der Waals surface area (Å²) in [7, 11) is 0. The van der Waals surface area contributed by atoms with Crippen molar-refractivity contribution in [3.8, 4) is 11.1 Å². The van der Waals surface area contributed by atoms with E-state index in [1.165, 1.54) is 35.0 Å². The van der Waals surface area contributed by atoms with E-state index in [0.717, 1.165) is 6.07 Å². The summed E-state index contributed by atoms with van der Waals surface area (Å²) in [6.45, 7) is -0.439. The molecule has 7 nitrogen and oxygen atoms in total. The summed E-state index contributed by atoms with van der Waals surface area (Å²) >= 11 is 0. The van der Waals surface area contributed by atoms with Crippen LogP contribution >= 0.6 is 0 Å². The first kappa shape index (κ1) is 18.5. The van der Waals surface area contributed by atoms with Crippen molar-refractivity contribution in [3.63, 3.8) is 0 Å². The van der Waals surface area contributed by atoms with E-state index in [0.29, 0.717) is 10.8 Å². The van der Waals surface area contributed by atoms with Crippen LogP contribution in [-0.2, 0) is 17.5 Å². The average molecular weight is 401 g/mol. The molecule has 5 N–H and O–H groups in total. The molecule has 0 radical (unpaired) electrons. The zero-order chi connectivity index (χ0) is 20.9. The Balaban J connectivity index is 2.18. The summed E-state index contributed by atoms with van der Waals surface area (Å²) in [6.07, 6.45) is -3.13. The second kappa shape index (κ2) is 6.36. The smallest absolute Gasteiger partial charge is 0.417 e. The summed E-state index contributed by atoms with van der Waals surface area (Å²) in [5, 5.41) is 10.1. The lowest BCUT2D eigenvalue weighted by atomic mass is 9.95. The van der Waals surface area contributed by atoms with Crippen molar-refractivity contribution < 1.29 is 23.1 Å². The lowest BCUT2D eigenvalue weighted by molar-refractivity contribution is -0.138. The number of aromatic nitrogens is 3. The van der Waals surface area contributed by atoms with E-state index in [1.54, 1.807) is 6.07 Å². The van der Waals surface area contributed by atoms with Gasteiger partial charge in [0.05, 0.1) is 22.0 Å². The zero-order valence-corrected chi connectivity index (χ0v) is 14.7. The summed E-state index contributed by atoms with van der Waals surface area (Å²) < 4.78 is 42.3. The lowest BCUT2D eigenvalue weighted by Crippen LogP contribution is -2.10. The van der Waals surface area contributed by atoms with Gasteiger partial charge in [0.2, 0.25) is 5.95 Å². The van der Waals surface area contributed by atoms with Gasteiger partial charge in [0.15, 0.2) is 0 Å². The number of nitrogens with two attached hydrogens (primary N) is 2. The van der Waals surface area contributed by atoms with Crippen molar-refractivity contribution in [2.24, 2.45) is 0 Å². The Morgan fingerprint density at radius 1 is 1.10 bits per heavy atom. The molecule has 0 aliphatic carbocycles. The number of nitrogen functional groups attached to an aromatic ring is 2. The molecule has 0 spiro atoms. The van der Waals surface area contributed by atoms with Gasteiger partial charge in [-0.1, -0.05) is 18.2 Å². The van der Waals surface area contributed by atoms with Crippen LogP contribution in [0.4, 0.5) is 24.9 Å². The standard InChI is InChI=1S/C19H14F3N5O2/c20-19(21,22)12-4-2-1-3-9(12)11-7-13-15(17(23)26-18(24)25-13)10-5-6-27(16(10)11)8-14(28)29/h1-7H,8H2,(H,28,29)(H4,23,24,25,26). The zero-order valence-electron chi connectivity index (χ0n) is 14.7. The van der Waals surface area contributed by atoms with Crippen molar-refractivity contribution in [2.45, 2.75) is 12.7 Å². The summed E-state index contributed by atoms with van der Waals surface area (Å²) in [5.41, 5.74) is 11.4. The normalized spacial score (nSPS) is 12.0. The number of nitrogens with zero attached hydrogens (tertiary/aromatic N) is 3. The predicted octanol–water partition coefficient (Wildman–Crippen LogP) is 3.52. The highest BCUT2D eigenvalue weighted by atomic mass is 19.4. The summed E-state index contributed by atoms with van der Waals surface area (Å²) in [4.78, 5) is 19.3. The fraction of sp³-hybridized carbons (Fsp3) is 0.105. The predicted molar refractivity (Wildman–Crippen MR) is 102 cm³/mol. The number of hydrogen-bond donors (Lipinski definition) is 3. The number of carbonyl (C=O) groups is 1. The number of carboxylic acid groups (broad SMARTS) is 1. The summed E-state index contributed by atoms with van der Waals surface area (Å²) in [6, 6.07) is 8.08. The Kier molecular flexibility index (Phi) is 4.07. The molecule has 4 aromatic rings. The second-order valence-corrected chi connectivity index (χ2v) is 6.43. The van der Waals surface area contributed by atoms with Gasteiger partial charge in [-0.25, -0.2) is 4.98 Å². The van der Waals surface area contributed by atoms with Crippen molar-refractivity contribution >= 4 is 39.5 Å². The van der Waals surface area contributed by atoms with Gasteiger partial charge in [0.25, 0.3) is 0 Å². The third-order valence-electron chi connectivity index (χ3n) is 4.58. The molecule has 29 heavy (non-hydrogen) atoms. The number of anilines is 2. The molecule has 148 valence electrons. The van der Waals surface area contributed by atoms with E-state index < -0.39 is 24.3 Å². The molecule has 0 unspecified atom stereocenters. The molecule has 0 aliphatic heterocycles. The molecule has 2 heterocycles. The van der Waals surface area contributed by atoms with Gasteiger partial charge in [0.1, 0.15) is 12.4 Å². The third kappa shape index (κ3) is 3.08. The van der Waals surface area contributed by atoms with Crippen LogP contribution in [0.5, 0.6) is 0 Å². The lowest BCUT2D eigenvalue weighted by Gasteiger charge is -2.16. The molecule has 0 aliphatic rings. The van der Waals surface area contributed by atoms with Crippen LogP contribution in [-0.4, -0.2) is 25.6 Å². The number of rotatable bonds is 3. The second-order valence-electron chi connectivity index (χ2n) is 6.43. The van der Waals surface area contributed by atoms with Gasteiger partial charge in [-0.15, -0.1) is 0 Å². The quantitative estimate of drug-likeness (QED) is 0.483. The number of halogens is 3. The number of aliphatic carboxylic acids is 1. The number of hydrogen-bond acceptors (Lipinski definition) is 5. The van der Waals surface area contributed by atoms with Crippen molar-refractivity contribution in [1.82, 2.24) is 14.5 Å². The van der Waals surface area contributed by atoms with Crippen LogP contribution in [0.3, 0.4) is 0 Å². The Labute approximate surface area is 161 Å². The van der Waals surface area contributed by atoms with Crippen molar-refractivity contribution in [3.05, 3.63) is 48.2 Å². The maximum atomic E-state index is 13.6. The molecule has 2 aromatic heterocycles. The largest absolute Gasteiger partial charge is 0.480 e. The SMILES string of the molecule is Nc1nc(N)c2c(cc(-c3ccccc3C(F)(F)F)c3c2ccn3CC(=O)O)n1. The first-order valence-corrected chi connectivity index (χ1v) is 8.39. The minimum absolute atomic E-state index is 0.0567. The van der Waals surface area contributed by atoms with Gasteiger partial charge in [-0.05, 0) is 23.8 Å². The van der Waals surface area contributed by atoms with Crippen LogP contribution in [0.25, 0.3) is 32.9 Å². The molecule has 0 bridgehead atoms. The van der Waals surface area contributed by atoms with Crippen LogP contribution in [0.2, 0.25) is 0 Å². The third-order valence-corrected chi connectivity index (χ3v) is 4.58. The molecule has 0 atom stereocenters. The highest BCUT2D eigenvalue weighted by molar-refractivity contribution is 6.16. The summed E-state index contributed by atoms with van der Waals surface area (Å²) in [5.74, 6) is -1.20. The first-order valence-electron chi connectivity index (χ1n) is 8.39. The fourth-order valence-electron chi connectivity index (χ4n) is 3.52. The van der Waals surface area contributed by atoms with E-state index in [1.807, 2.05) is 0 Å². The molecule has 2 aromatic carbocycles. The molecular formula is C19H14F3N5O2. The Hall–Kier alpha value is -3.82. The van der Waals surface area contributed by atoms with Crippen LogP contribution in [0, 0.1) is 0 Å². The number of fused-ring (bicyclic) bond motifs is 3. The maximum Gasteiger partial charge on any atom is 0.417 e. The van der Waals surface area contributed by atoms with Gasteiger partial charge in [0, 0.05) is 17.1 Å². The van der Waals surface area contributed by atoms with Crippen LogP contribution in [0.1, 0.15) is 5.56 Å². The molecule has 0 saturated heterocycles. The Morgan fingerprint density at radius 2 is 1.83 bits per heavy atom. The number of benzene rings is 2. The minimum atomic E-state index is -4.61. The van der Waals surface area contributed by atoms with Gasteiger partial charge in [-0.3, -0.25) is 4.79 Å². The van der Waals surface area contributed by atoms with E-state index in [-0.39, 0.29) is 33.9 Å². The van der Waals surface area contributed by atoms with Gasteiger partial charge in [-0.2, -0.15) is 18.2 Å². The van der Waals surface area contributed by atoms with E-state index in [2.05, 4.69) is 9.97 Å². The van der Waals surface area contributed by atoms with Crippen LogP contribution in [0.15, 0.2) is 42.6 Å². The van der Waals surface area contributed by atoms with E-state index in [9.17, 15) is 23.1 Å². The maximum absolute atomic E-state index is 13.6. The highest BCUT2D eigenvalue weighted by Crippen LogP contribution is 2.42. The molecule has 10 heteroatoms. The fourth-order valence-corrected chi connectivity index (χ4v) is 3.52. The van der Waals surface area contributed by atoms with E-state index >= 15 is 0 Å². The van der Waals surface area contributed by atoms with Gasteiger partial charge < -0.3 is 21.1 Å². The topological polar surface area (TPSA) is 120 Å². The molecular weight excluding hydrogens is 387 g/mol. The Bertz CT molecular complexity index is 1280. The van der Waals surface area contributed by atoms with Crippen molar-refractivity contribution in [1.29, 1.82) is 0 Å². The average Bonchev–Trinajstić information content (AvgIpc) is 3.02. The Morgan fingerprint density at radius 3 is 2.52 bits per heavy atom. The highest BCUT2D eigenvalue weighted by Gasteiger charge is 2.34. The van der Waals surface area contributed by atoms with E-state index in [4.69, 9.17) is 11.5 Å². The van der Waals surface area contributed by atoms with Gasteiger partial charge >= 0.3 is 12.1 Å².